The monoisotopic (exact) mass is 258 g/mol. The van der Waals surface area contributed by atoms with Crippen molar-refractivity contribution < 1.29 is 9.84 Å². The minimum absolute atomic E-state index is 0.118. The highest BCUT2D eigenvalue weighted by Crippen LogP contribution is 2.22. The number of oxime groups is 1. The van der Waals surface area contributed by atoms with Gasteiger partial charge in [0.25, 0.3) is 0 Å². The summed E-state index contributed by atoms with van der Waals surface area (Å²) in [7, 11) is 0. The first-order chi connectivity index (χ1) is 8.24. The lowest BCUT2D eigenvalue weighted by atomic mass is 10.0. The highest BCUT2D eigenvalue weighted by atomic mass is 32.2. The fourth-order valence-corrected chi connectivity index (χ4v) is 2.28. The fourth-order valence-electron chi connectivity index (χ4n) is 1.56. The average molecular weight is 258 g/mol. The highest BCUT2D eigenvalue weighted by molar-refractivity contribution is 7.96. The van der Waals surface area contributed by atoms with Gasteiger partial charge < -0.3 is 16.3 Å². The van der Waals surface area contributed by atoms with Gasteiger partial charge in [-0.15, -0.1) is 0 Å². The molecular formula is C8H14N6O2S. The molecule has 0 radical (unpaired) electrons. The number of amidine groups is 1. The molecule has 0 spiro atoms. The van der Waals surface area contributed by atoms with Crippen LogP contribution >= 0.6 is 11.9 Å². The van der Waals surface area contributed by atoms with Crippen molar-refractivity contribution in [1.29, 1.82) is 0 Å². The molecule has 1 aromatic rings. The SMILES string of the molecule is CSN1CC(CNc2nonc2/C(N)=N\O)C1. The van der Waals surface area contributed by atoms with Gasteiger partial charge in [-0.25, -0.2) is 4.63 Å². The number of hydrogen-bond donors (Lipinski definition) is 3. The molecule has 1 aliphatic heterocycles. The Morgan fingerprint density at radius 2 is 2.47 bits per heavy atom. The lowest BCUT2D eigenvalue weighted by Gasteiger charge is -2.37. The highest BCUT2D eigenvalue weighted by Gasteiger charge is 2.26. The van der Waals surface area contributed by atoms with Crippen molar-refractivity contribution in [3.8, 4) is 0 Å². The molecule has 8 nitrogen and oxygen atoms in total. The maximum atomic E-state index is 8.55. The molecule has 0 atom stereocenters. The van der Waals surface area contributed by atoms with Crippen LogP contribution in [0.2, 0.25) is 0 Å². The third kappa shape index (κ3) is 2.61. The summed E-state index contributed by atoms with van der Waals surface area (Å²) in [6.45, 7) is 2.84. The van der Waals surface area contributed by atoms with Crippen LogP contribution in [0, 0.1) is 5.92 Å². The van der Waals surface area contributed by atoms with E-state index in [4.69, 9.17) is 10.9 Å². The summed E-state index contributed by atoms with van der Waals surface area (Å²) in [5.74, 6) is 0.857. The number of nitrogens with one attached hydrogen (secondary N) is 1. The molecule has 0 unspecified atom stereocenters. The Bertz CT molecular complexity index is 402. The molecule has 9 heteroatoms. The average Bonchev–Trinajstić information content (AvgIpc) is 2.74. The van der Waals surface area contributed by atoms with Crippen molar-refractivity contribution in [2.45, 2.75) is 0 Å². The van der Waals surface area contributed by atoms with E-state index in [9.17, 15) is 0 Å². The van der Waals surface area contributed by atoms with Gasteiger partial charge in [0.05, 0.1) is 0 Å². The summed E-state index contributed by atoms with van der Waals surface area (Å²) >= 11 is 1.74. The molecule has 2 heterocycles. The zero-order chi connectivity index (χ0) is 12.3. The normalized spacial score (nSPS) is 18.1. The number of aromatic nitrogens is 2. The van der Waals surface area contributed by atoms with Crippen molar-refractivity contribution >= 4 is 23.6 Å². The van der Waals surface area contributed by atoms with Gasteiger partial charge in [0.2, 0.25) is 5.82 Å². The van der Waals surface area contributed by atoms with Crippen LogP contribution in [0.15, 0.2) is 9.78 Å². The van der Waals surface area contributed by atoms with E-state index in [1.165, 1.54) is 0 Å². The number of nitrogens with two attached hydrogens (primary N) is 1. The summed E-state index contributed by atoms with van der Waals surface area (Å²) in [6, 6.07) is 0. The van der Waals surface area contributed by atoms with Crippen LogP contribution in [0.3, 0.4) is 0 Å². The topological polar surface area (TPSA) is 113 Å². The molecule has 0 saturated carbocycles. The zero-order valence-electron chi connectivity index (χ0n) is 9.33. The van der Waals surface area contributed by atoms with Crippen LogP contribution in [0.1, 0.15) is 5.69 Å². The Morgan fingerprint density at radius 3 is 3.12 bits per heavy atom. The molecule has 1 aromatic heterocycles. The summed E-state index contributed by atoms with van der Waals surface area (Å²) in [6.07, 6.45) is 2.06. The van der Waals surface area contributed by atoms with E-state index in [2.05, 4.69) is 36.0 Å². The summed E-state index contributed by atoms with van der Waals surface area (Å²) in [4.78, 5) is 0. The molecule has 0 amide bonds. The first-order valence-corrected chi connectivity index (χ1v) is 6.26. The molecule has 0 bridgehead atoms. The molecule has 1 saturated heterocycles. The van der Waals surface area contributed by atoms with Gasteiger partial charge in [0.1, 0.15) is 0 Å². The van der Waals surface area contributed by atoms with E-state index in [0.29, 0.717) is 11.7 Å². The number of hydrogen-bond acceptors (Lipinski definition) is 8. The van der Waals surface area contributed by atoms with Crippen molar-refractivity contribution in [3.05, 3.63) is 5.69 Å². The van der Waals surface area contributed by atoms with Crippen molar-refractivity contribution in [2.24, 2.45) is 16.8 Å². The van der Waals surface area contributed by atoms with Crippen molar-refractivity contribution in [3.63, 3.8) is 0 Å². The standard InChI is InChI=1S/C8H14N6O2S/c1-17-14-3-5(4-14)2-10-8-6(7(9)11-15)12-16-13-8/h5,15H,2-4H2,1H3,(H2,9,11)(H,10,13). The van der Waals surface area contributed by atoms with Gasteiger partial charge in [-0.05, 0) is 16.6 Å². The second-order valence-corrected chi connectivity index (χ2v) is 4.60. The third-order valence-electron chi connectivity index (χ3n) is 2.58. The van der Waals surface area contributed by atoms with E-state index < -0.39 is 0 Å². The van der Waals surface area contributed by atoms with Crippen LogP contribution in [-0.4, -0.2) is 51.6 Å². The van der Waals surface area contributed by atoms with Gasteiger partial charge in [-0.3, -0.25) is 4.31 Å². The number of anilines is 1. The molecule has 0 aliphatic carbocycles. The van der Waals surface area contributed by atoms with Crippen LogP contribution < -0.4 is 11.1 Å². The largest absolute Gasteiger partial charge is 0.409 e. The maximum Gasteiger partial charge on any atom is 0.202 e. The Morgan fingerprint density at radius 1 is 1.71 bits per heavy atom. The van der Waals surface area contributed by atoms with E-state index in [-0.39, 0.29) is 11.5 Å². The Hall–Kier alpha value is -1.48. The Labute approximate surface area is 102 Å². The first kappa shape index (κ1) is 12.0. The van der Waals surface area contributed by atoms with Gasteiger partial charge >= 0.3 is 0 Å². The van der Waals surface area contributed by atoms with Gasteiger partial charge in [-0.2, -0.15) is 0 Å². The molecular weight excluding hydrogens is 244 g/mol. The van der Waals surface area contributed by atoms with Crippen molar-refractivity contribution in [2.75, 3.05) is 31.2 Å². The predicted molar refractivity (Wildman–Crippen MR) is 63.9 cm³/mol. The van der Waals surface area contributed by atoms with E-state index >= 15 is 0 Å². The molecule has 1 fully saturated rings. The van der Waals surface area contributed by atoms with Crippen LogP contribution in [0.4, 0.5) is 5.82 Å². The molecule has 17 heavy (non-hydrogen) atoms. The van der Waals surface area contributed by atoms with Gasteiger partial charge in [0.15, 0.2) is 11.5 Å². The second kappa shape index (κ2) is 5.23. The number of nitrogens with zero attached hydrogens (tertiary/aromatic N) is 4. The van der Waals surface area contributed by atoms with Crippen LogP contribution in [-0.2, 0) is 0 Å². The molecule has 94 valence electrons. The molecule has 4 N–H and O–H groups in total. The summed E-state index contributed by atoms with van der Waals surface area (Å²) in [5, 5.41) is 21.7. The zero-order valence-corrected chi connectivity index (χ0v) is 10.1. The smallest absolute Gasteiger partial charge is 0.202 e. The molecule has 2 rings (SSSR count). The summed E-state index contributed by atoms with van der Waals surface area (Å²) in [5.41, 5.74) is 5.65. The van der Waals surface area contributed by atoms with Gasteiger partial charge in [0, 0.05) is 25.6 Å². The van der Waals surface area contributed by atoms with Gasteiger partial charge in [-0.1, -0.05) is 17.1 Å². The van der Waals surface area contributed by atoms with E-state index in [1.54, 1.807) is 11.9 Å². The lowest BCUT2D eigenvalue weighted by molar-refractivity contribution is 0.232. The maximum absolute atomic E-state index is 8.55. The van der Waals surface area contributed by atoms with E-state index in [0.717, 1.165) is 19.6 Å². The second-order valence-electron chi connectivity index (χ2n) is 3.72. The van der Waals surface area contributed by atoms with Crippen molar-refractivity contribution in [1.82, 2.24) is 14.6 Å². The van der Waals surface area contributed by atoms with Crippen LogP contribution in [0.5, 0.6) is 0 Å². The predicted octanol–water partition coefficient (Wildman–Crippen LogP) is -0.214. The third-order valence-corrected chi connectivity index (χ3v) is 3.39. The first-order valence-electron chi connectivity index (χ1n) is 5.08. The Balaban J connectivity index is 1.86. The van der Waals surface area contributed by atoms with E-state index in [1.807, 2.05) is 0 Å². The quantitative estimate of drug-likeness (QED) is 0.218. The Kier molecular flexibility index (Phi) is 3.69. The lowest BCUT2D eigenvalue weighted by Crippen LogP contribution is -2.45. The number of rotatable bonds is 5. The molecule has 0 aromatic carbocycles. The summed E-state index contributed by atoms with van der Waals surface area (Å²) < 4.78 is 6.81. The minimum atomic E-state index is -0.118. The molecule has 1 aliphatic rings. The fraction of sp³-hybridized carbons (Fsp3) is 0.625. The van der Waals surface area contributed by atoms with Crippen LogP contribution in [0.25, 0.3) is 0 Å². The minimum Gasteiger partial charge on any atom is -0.409 e.